The van der Waals surface area contributed by atoms with E-state index < -0.39 is 0 Å². The molecule has 0 spiro atoms. The van der Waals surface area contributed by atoms with E-state index >= 15 is 0 Å². The van der Waals surface area contributed by atoms with Gasteiger partial charge in [-0.05, 0) is 18.2 Å². The maximum absolute atomic E-state index is 12.8. The summed E-state index contributed by atoms with van der Waals surface area (Å²) in [6.07, 6.45) is 5.91. The molecule has 0 radical (unpaired) electrons. The van der Waals surface area contributed by atoms with Gasteiger partial charge < -0.3 is 15.0 Å². The van der Waals surface area contributed by atoms with Crippen LogP contribution in [0.1, 0.15) is 10.4 Å². The summed E-state index contributed by atoms with van der Waals surface area (Å²) in [4.78, 5) is 41.5. The lowest BCUT2D eigenvalue weighted by Crippen LogP contribution is -2.57. The van der Waals surface area contributed by atoms with Crippen LogP contribution in [0.25, 0.3) is 11.4 Å². The van der Waals surface area contributed by atoms with E-state index in [0.29, 0.717) is 49.1 Å². The fourth-order valence-corrected chi connectivity index (χ4v) is 4.05. The minimum absolute atomic E-state index is 0.118. The average molecular weight is 434 g/mol. The van der Waals surface area contributed by atoms with E-state index in [0.717, 1.165) is 5.56 Å². The van der Waals surface area contributed by atoms with Crippen molar-refractivity contribution in [3.8, 4) is 17.1 Å². The van der Waals surface area contributed by atoms with Crippen molar-refractivity contribution in [3.05, 3.63) is 48.8 Å². The van der Waals surface area contributed by atoms with Crippen molar-refractivity contribution in [2.45, 2.75) is 6.04 Å². The van der Waals surface area contributed by atoms with E-state index in [-0.39, 0.29) is 24.4 Å². The highest BCUT2D eigenvalue weighted by molar-refractivity contribution is 5.95. The molecule has 11 nitrogen and oxygen atoms in total. The van der Waals surface area contributed by atoms with Gasteiger partial charge in [0.15, 0.2) is 5.82 Å². The molecule has 2 aromatic heterocycles. The van der Waals surface area contributed by atoms with Gasteiger partial charge in [-0.3, -0.25) is 14.5 Å². The molecule has 5 rings (SSSR count). The number of amides is 2. The van der Waals surface area contributed by atoms with E-state index in [1.165, 1.54) is 25.0 Å². The van der Waals surface area contributed by atoms with Gasteiger partial charge in [0.25, 0.3) is 5.91 Å². The van der Waals surface area contributed by atoms with Gasteiger partial charge in [0.05, 0.1) is 23.8 Å². The molecule has 11 heteroatoms. The average Bonchev–Trinajstić information content (AvgIpc) is 3.26. The summed E-state index contributed by atoms with van der Waals surface area (Å²) in [5.74, 6) is 1.01. The molecule has 3 aromatic rings. The lowest BCUT2D eigenvalue weighted by atomic mass is 10.1. The smallest absolute Gasteiger partial charge is 0.257 e. The van der Waals surface area contributed by atoms with Crippen molar-refractivity contribution in [3.63, 3.8) is 0 Å². The minimum atomic E-state index is -0.131. The Morgan fingerprint density at radius 2 is 2.03 bits per heavy atom. The molecule has 4 heterocycles. The molecule has 1 saturated heterocycles. The number of benzene rings is 1. The molecular weight excluding hydrogens is 412 g/mol. The molecule has 164 valence electrons. The number of carbonyl (C=O) groups is 2. The van der Waals surface area contributed by atoms with Gasteiger partial charge in [0.1, 0.15) is 25.0 Å². The molecule has 2 amide bonds. The quantitative estimate of drug-likeness (QED) is 0.617. The maximum atomic E-state index is 12.8. The van der Waals surface area contributed by atoms with Crippen molar-refractivity contribution in [1.82, 2.24) is 34.5 Å². The highest BCUT2D eigenvalue weighted by Crippen LogP contribution is 2.31. The Bertz CT molecular complexity index is 1150. The van der Waals surface area contributed by atoms with Crippen LogP contribution >= 0.6 is 0 Å². The Morgan fingerprint density at radius 3 is 2.81 bits per heavy atom. The Balaban J connectivity index is 1.36. The first kappa shape index (κ1) is 20.1. The van der Waals surface area contributed by atoms with Gasteiger partial charge in [-0.1, -0.05) is 0 Å². The second-order valence-electron chi connectivity index (χ2n) is 7.78. The van der Waals surface area contributed by atoms with E-state index in [1.54, 1.807) is 9.58 Å². The molecular formula is C21H22N8O3. The van der Waals surface area contributed by atoms with Crippen molar-refractivity contribution in [2.24, 2.45) is 7.05 Å². The zero-order chi connectivity index (χ0) is 22.1. The molecule has 0 bridgehead atoms. The largest absolute Gasteiger partial charge is 0.490 e. The number of aromatic nitrogens is 5. The number of hydrogen-bond acceptors (Lipinski definition) is 8. The Kier molecular flexibility index (Phi) is 5.23. The van der Waals surface area contributed by atoms with Gasteiger partial charge in [-0.2, -0.15) is 5.10 Å². The molecule has 0 unspecified atom stereocenters. The van der Waals surface area contributed by atoms with Crippen molar-refractivity contribution in [2.75, 3.05) is 38.1 Å². The van der Waals surface area contributed by atoms with Crippen LogP contribution in [0.4, 0.5) is 5.69 Å². The number of piperazine rings is 1. The summed E-state index contributed by atoms with van der Waals surface area (Å²) in [5, 5.41) is 7.06. The Morgan fingerprint density at radius 1 is 1.19 bits per heavy atom. The number of anilines is 1. The zero-order valence-corrected chi connectivity index (χ0v) is 17.5. The predicted molar refractivity (Wildman–Crippen MR) is 114 cm³/mol. The van der Waals surface area contributed by atoms with Gasteiger partial charge in [0, 0.05) is 44.6 Å². The van der Waals surface area contributed by atoms with Gasteiger partial charge in [0.2, 0.25) is 5.91 Å². The predicted octanol–water partition coefficient (Wildman–Crippen LogP) is 0.430. The van der Waals surface area contributed by atoms with Crippen LogP contribution < -0.4 is 10.1 Å². The van der Waals surface area contributed by atoms with Crippen LogP contribution in [0.2, 0.25) is 0 Å². The number of carbonyl (C=O) groups excluding carboxylic acids is 2. The number of hydrogen-bond donors (Lipinski definition) is 1. The van der Waals surface area contributed by atoms with Crippen LogP contribution in [0.15, 0.2) is 43.2 Å². The van der Waals surface area contributed by atoms with Crippen LogP contribution in [-0.2, 0) is 11.8 Å². The Hall–Kier alpha value is -3.86. The first-order valence-electron chi connectivity index (χ1n) is 10.3. The molecule has 2 aliphatic heterocycles. The molecule has 32 heavy (non-hydrogen) atoms. The summed E-state index contributed by atoms with van der Waals surface area (Å²) in [6.45, 7) is 2.11. The lowest BCUT2D eigenvalue weighted by molar-refractivity contribution is -0.118. The standard InChI is InChI=1S/C21H22N8O3/c1-27-20(24-13-25-27)14-2-3-18-17(6-14)26-19(30)10-28-4-5-29(9-16(28)11-32-18)21(31)15-7-22-12-23-8-15/h2-3,6-8,12-13,16H,4-5,9-11H2,1H3,(H,26,30)/t16-/m1/s1. The SMILES string of the molecule is Cn1ncnc1-c1ccc2c(c1)NC(=O)CN1CCN(C(=O)c3cncnc3)C[C@@H]1CO2. The van der Waals surface area contributed by atoms with E-state index in [9.17, 15) is 9.59 Å². The molecule has 1 N–H and O–H groups in total. The summed E-state index contributed by atoms with van der Waals surface area (Å²) in [7, 11) is 1.81. The number of rotatable bonds is 2. The van der Waals surface area contributed by atoms with Gasteiger partial charge >= 0.3 is 0 Å². The van der Waals surface area contributed by atoms with Crippen LogP contribution in [-0.4, -0.2) is 85.2 Å². The van der Waals surface area contributed by atoms with Crippen molar-refractivity contribution >= 4 is 17.5 Å². The van der Waals surface area contributed by atoms with E-state index in [4.69, 9.17) is 4.74 Å². The second kappa shape index (κ2) is 8.35. The number of fused-ring (bicyclic) bond motifs is 2. The van der Waals surface area contributed by atoms with E-state index in [1.807, 2.05) is 25.2 Å². The van der Waals surface area contributed by atoms with Crippen molar-refractivity contribution in [1.29, 1.82) is 0 Å². The molecule has 1 aromatic carbocycles. The highest BCUT2D eigenvalue weighted by atomic mass is 16.5. The molecule has 1 atom stereocenters. The summed E-state index contributed by atoms with van der Waals surface area (Å²) >= 11 is 0. The summed E-state index contributed by atoms with van der Waals surface area (Å²) < 4.78 is 7.77. The highest BCUT2D eigenvalue weighted by Gasteiger charge is 2.33. The second-order valence-corrected chi connectivity index (χ2v) is 7.78. The summed E-state index contributed by atoms with van der Waals surface area (Å²) in [6, 6.07) is 5.43. The maximum Gasteiger partial charge on any atom is 0.257 e. The Labute approximate surface area is 184 Å². The topological polar surface area (TPSA) is 118 Å². The van der Waals surface area contributed by atoms with Gasteiger partial charge in [-0.15, -0.1) is 0 Å². The summed E-state index contributed by atoms with van der Waals surface area (Å²) in [5.41, 5.74) is 1.86. The van der Waals surface area contributed by atoms with E-state index in [2.05, 4.69) is 30.3 Å². The number of nitrogens with one attached hydrogen (secondary N) is 1. The van der Waals surface area contributed by atoms with Crippen molar-refractivity contribution < 1.29 is 14.3 Å². The molecule has 0 saturated carbocycles. The van der Waals surface area contributed by atoms with Crippen LogP contribution in [0.5, 0.6) is 5.75 Å². The monoisotopic (exact) mass is 434 g/mol. The fourth-order valence-electron chi connectivity index (χ4n) is 4.05. The van der Waals surface area contributed by atoms with Crippen LogP contribution in [0, 0.1) is 0 Å². The van der Waals surface area contributed by atoms with Gasteiger partial charge in [-0.25, -0.2) is 19.6 Å². The first-order valence-corrected chi connectivity index (χ1v) is 10.3. The molecule has 2 aliphatic rings. The lowest BCUT2D eigenvalue weighted by Gasteiger charge is -2.40. The number of aryl methyl sites for hydroxylation is 1. The van der Waals surface area contributed by atoms with Crippen LogP contribution in [0.3, 0.4) is 0 Å². The zero-order valence-electron chi connectivity index (χ0n) is 17.5. The third-order valence-corrected chi connectivity index (χ3v) is 5.70. The number of nitrogens with zero attached hydrogens (tertiary/aromatic N) is 7. The minimum Gasteiger partial charge on any atom is -0.490 e. The normalized spacial score (nSPS) is 19.0. The first-order chi connectivity index (χ1) is 15.6. The third-order valence-electron chi connectivity index (χ3n) is 5.70. The third kappa shape index (κ3) is 3.89. The fraction of sp³-hybridized carbons (Fsp3) is 0.333. The number of ether oxygens (including phenoxy) is 1. The molecule has 0 aliphatic carbocycles. The molecule has 1 fully saturated rings.